The summed E-state index contributed by atoms with van der Waals surface area (Å²) in [7, 11) is 0. The number of hydrogen-bond donors (Lipinski definition) is 0. The van der Waals surface area contributed by atoms with Crippen molar-refractivity contribution in [3.63, 3.8) is 0 Å². The molecule has 1 nitrogen and oxygen atoms in total. The summed E-state index contributed by atoms with van der Waals surface area (Å²) in [4.78, 5) is 12.1. The summed E-state index contributed by atoms with van der Waals surface area (Å²) in [5, 5.41) is 0. The molecule has 0 amide bonds. The molecule has 0 radical (unpaired) electrons. The highest BCUT2D eigenvalue weighted by Gasteiger charge is 2.29. The minimum Gasteiger partial charge on any atom is -0.290 e. The Bertz CT molecular complexity index is 352. The van der Waals surface area contributed by atoms with Crippen LogP contribution in [-0.4, -0.2) is 5.78 Å². The Morgan fingerprint density at radius 1 is 0.875 bits per heavy atom. The molecule has 0 saturated carbocycles. The number of ketones is 1. The highest BCUT2D eigenvalue weighted by Crippen LogP contribution is 2.38. The average Bonchev–Trinajstić information content (AvgIpc) is 2.04. The van der Waals surface area contributed by atoms with Crippen LogP contribution in [0.4, 0.5) is 0 Å². The Morgan fingerprint density at radius 3 is 1.69 bits per heavy atom. The van der Waals surface area contributed by atoms with Crippen molar-refractivity contribution in [3.8, 4) is 0 Å². The molecule has 0 bridgehead atoms. The lowest BCUT2D eigenvalue weighted by atomic mass is 9.73. The van der Waals surface area contributed by atoms with Gasteiger partial charge in [0.15, 0.2) is 5.78 Å². The molecule has 0 saturated heterocycles. The second kappa shape index (κ2) is 3.73. The highest BCUT2D eigenvalue weighted by molar-refractivity contribution is 6.07. The number of hydrogen-bond acceptors (Lipinski definition) is 1. The largest absolute Gasteiger partial charge is 0.290 e. The van der Waals surface area contributed by atoms with Gasteiger partial charge in [0.25, 0.3) is 0 Å². The van der Waals surface area contributed by atoms with Gasteiger partial charge >= 0.3 is 0 Å². The number of carbonyl (C=O) groups is 1. The van der Waals surface area contributed by atoms with Gasteiger partial charge in [0, 0.05) is 5.57 Å². The van der Waals surface area contributed by atoms with Gasteiger partial charge in [-0.3, -0.25) is 4.79 Å². The minimum atomic E-state index is -0.111. The van der Waals surface area contributed by atoms with Crippen LogP contribution >= 0.6 is 0 Å². The van der Waals surface area contributed by atoms with Crippen LogP contribution in [0.5, 0.6) is 0 Å². The molecular formula is C15H22O. The van der Waals surface area contributed by atoms with Crippen molar-refractivity contribution in [2.75, 3.05) is 0 Å². The van der Waals surface area contributed by atoms with Crippen molar-refractivity contribution in [2.45, 2.75) is 41.5 Å². The van der Waals surface area contributed by atoms with Crippen LogP contribution < -0.4 is 0 Å². The van der Waals surface area contributed by atoms with Gasteiger partial charge < -0.3 is 0 Å². The van der Waals surface area contributed by atoms with Gasteiger partial charge in [-0.2, -0.15) is 0 Å². The minimum absolute atomic E-state index is 0.0212. The third-order valence-corrected chi connectivity index (χ3v) is 2.82. The van der Waals surface area contributed by atoms with Crippen LogP contribution in [0.2, 0.25) is 0 Å². The molecule has 0 N–H and O–H groups in total. The van der Waals surface area contributed by atoms with Crippen molar-refractivity contribution in [2.24, 2.45) is 10.8 Å². The van der Waals surface area contributed by atoms with E-state index in [1.54, 1.807) is 6.08 Å². The van der Waals surface area contributed by atoms with Crippen LogP contribution in [0.25, 0.3) is 0 Å². The standard InChI is InChI=1S/C15H22O/c1-10-8-12(15(5,6)7)13(16)9-11(10)14(2,3)4/h8-9H,1H2,2-7H3. The van der Waals surface area contributed by atoms with Gasteiger partial charge in [0.1, 0.15) is 0 Å². The second-order valence-corrected chi connectivity index (χ2v) is 6.51. The van der Waals surface area contributed by atoms with Crippen LogP contribution in [0, 0.1) is 10.8 Å². The van der Waals surface area contributed by atoms with Gasteiger partial charge in [-0.1, -0.05) is 48.1 Å². The molecule has 0 aromatic carbocycles. The van der Waals surface area contributed by atoms with Crippen LogP contribution in [-0.2, 0) is 4.79 Å². The first-order valence-corrected chi connectivity index (χ1v) is 5.71. The first-order valence-electron chi connectivity index (χ1n) is 5.71. The molecule has 88 valence electrons. The summed E-state index contributed by atoms with van der Waals surface area (Å²) < 4.78 is 0. The predicted molar refractivity (Wildman–Crippen MR) is 69.2 cm³/mol. The van der Waals surface area contributed by atoms with E-state index in [2.05, 4.69) is 48.1 Å². The van der Waals surface area contributed by atoms with Gasteiger partial charge in [0.2, 0.25) is 0 Å². The Labute approximate surface area is 98.9 Å². The number of rotatable bonds is 0. The molecule has 1 rings (SSSR count). The summed E-state index contributed by atoms with van der Waals surface area (Å²) in [6.45, 7) is 16.5. The van der Waals surface area contributed by atoms with Crippen LogP contribution in [0.1, 0.15) is 41.5 Å². The van der Waals surface area contributed by atoms with Crippen molar-refractivity contribution < 1.29 is 4.79 Å². The first-order chi connectivity index (χ1) is 7.03. The zero-order valence-electron chi connectivity index (χ0n) is 11.3. The highest BCUT2D eigenvalue weighted by atomic mass is 16.1. The van der Waals surface area contributed by atoms with Gasteiger partial charge in [-0.15, -0.1) is 0 Å². The van der Waals surface area contributed by atoms with E-state index >= 15 is 0 Å². The van der Waals surface area contributed by atoms with Gasteiger partial charge in [-0.05, 0) is 34.1 Å². The Balaban J connectivity index is 3.17. The van der Waals surface area contributed by atoms with Crippen LogP contribution in [0.3, 0.4) is 0 Å². The average molecular weight is 218 g/mol. The number of allylic oxidation sites excluding steroid dienone is 5. The Hall–Kier alpha value is -1.11. The van der Waals surface area contributed by atoms with E-state index in [1.165, 1.54) is 0 Å². The van der Waals surface area contributed by atoms with Crippen molar-refractivity contribution in [1.82, 2.24) is 0 Å². The molecular weight excluding hydrogens is 196 g/mol. The smallest absolute Gasteiger partial charge is 0.182 e. The molecule has 0 aliphatic heterocycles. The van der Waals surface area contributed by atoms with Crippen molar-refractivity contribution >= 4 is 5.78 Å². The van der Waals surface area contributed by atoms with E-state index in [4.69, 9.17) is 0 Å². The molecule has 0 spiro atoms. The lowest BCUT2D eigenvalue weighted by Crippen LogP contribution is -2.23. The lowest BCUT2D eigenvalue weighted by Gasteiger charge is -2.30. The second-order valence-electron chi connectivity index (χ2n) is 6.51. The van der Waals surface area contributed by atoms with Crippen LogP contribution in [0.15, 0.2) is 35.5 Å². The van der Waals surface area contributed by atoms with E-state index in [0.29, 0.717) is 0 Å². The topological polar surface area (TPSA) is 17.1 Å². The maximum atomic E-state index is 12.1. The summed E-state index contributed by atoms with van der Waals surface area (Å²) in [5.41, 5.74) is 2.74. The fourth-order valence-corrected chi connectivity index (χ4v) is 1.91. The molecule has 0 aromatic heterocycles. The Kier molecular flexibility index (Phi) is 3.02. The van der Waals surface area contributed by atoms with E-state index in [1.807, 2.05) is 6.08 Å². The maximum Gasteiger partial charge on any atom is 0.182 e. The van der Waals surface area contributed by atoms with E-state index in [0.717, 1.165) is 16.7 Å². The van der Waals surface area contributed by atoms with Crippen molar-refractivity contribution in [1.29, 1.82) is 0 Å². The number of carbonyl (C=O) groups excluding carboxylic acids is 1. The van der Waals surface area contributed by atoms with E-state index in [-0.39, 0.29) is 16.6 Å². The molecule has 1 aliphatic rings. The SMILES string of the molecule is C=C1C=C(C(C)(C)C)C(=O)C=C1C(C)(C)C. The first kappa shape index (κ1) is 13.0. The molecule has 0 unspecified atom stereocenters. The third-order valence-electron chi connectivity index (χ3n) is 2.82. The molecule has 0 atom stereocenters. The summed E-state index contributed by atoms with van der Waals surface area (Å²) in [6, 6.07) is 0. The maximum absolute atomic E-state index is 12.1. The fourth-order valence-electron chi connectivity index (χ4n) is 1.91. The third kappa shape index (κ3) is 2.52. The predicted octanol–water partition coefficient (Wildman–Crippen LogP) is 4.07. The molecule has 1 aliphatic carbocycles. The lowest BCUT2D eigenvalue weighted by molar-refractivity contribution is -0.112. The fraction of sp³-hybridized carbons (Fsp3) is 0.533. The Morgan fingerprint density at radius 2 is 1.31 bits per heavy atom. The van der Waals surface area contributed by atoms with Gasteiger partial charge in [-0.25, -0.2) is 0 Å². The molecule has 0 fully saturated rings. The summed E-state index contributed by atoms with van der Waals surface area (Å²) in [5.74, 6) is 0.129. The van der Waals surface area contributed by atoms with Gasteiger partial charge in [0.05, 0.1) is 0 Å². The van der Waals surface area contributed by atoms with E-state index in [9.17, 15) is 4.79 Å². The van der Waals surface area contributed by atoms with E-state index < -0.39 is 0 Å². The molecule has 0 aromatic rings. The molecule has 0 heterocycles. The molecule has 1 heteroatoms. The monoisotopic (exact) mass is 218 g/mol. The van der Waals surface area contributed by atoms with Crippen molar-refractivity contribution in [3.05, 3.63) is 35.5 Å². The summed E-state index contributed by atoms with van der Waals surface area (Å²) in [6.07, 6.45) is 3.70. The molecule has 16 heavy (non-hydrogen) atoms. The normalized spacial score (nSPS) is 18.4. The summed E-state index contributed by atoms with van der Waals surface area (Å²) >= 11 is 0. The zero-order chi connectivity index (χ0) is 12.7. The quantitative estimate of drug-likeness (QED) is 0.599. The zero-order valence-corrected chi connectivity index (χ0v) is 11.3.